The number of primary amides is 1. The molecule has 1 aromatic rings. The van der Waals surface area contributed by atoms with Crippen molar-refractivity contribution in [3.8, 4) is 11.5 Å². The van der Waals surface area contributed by atoms with Crippen LogP contribution < -0.4 is 10.5 Å². The molecule has 0 saturated heterocycles. The van der Waals surface area contributed by atoms with Gasteiger partial charge in [0.05, 0.1) is 6.61 Å². The maximum absolute atomic E-state index is 9.60. The Kier molecular flexibility index (Phi) is 3.14. The van der Waals surface area contributed by atoms with Gasteiger partial charge in [0.25, 0.3) is 0 Å². The van der Waals surface area contributed by atoms with E-state index in [1.54, 1.807) is 6.92 Å². The molecule has 0 unspecified atom stereocenters. The van der Waals surface area contributed by atoms with Gasteiger partial charge in [-0.05, 0) is 19.1 Å². The van der Waals surface area contributed by atoms with E-state index in [1.807, 2.05) is 24.3 Å². The molecule has 2 rings (SSSR count). The monoisotopic (exact) mass is 181 g/mol. The van der Waals surface area contributed by atoms with E-state index < -0.39 is 6.09 Å². The molecule has 0 radical (unpaired) electrons. The topological polar surface area (TPSA) is 64.8 Å². The Morgan fingerprint density at radius 1 is 1.46 bits per heavy atom. The summed E-state index contributed by atoms with van der Waals surface area (Å²) in [5.41, 5.74) is 4.54. The van der Waals surface area contributed by atoms with E-state index in [2.05, 4.69) is 10.5 Å². The van der Waals surface area contributed by atoms with Crippen LogP contribution in [-0.2, 0) is 4.74 Å². The molecule has 2 N–H and O–H groups in total. The summed E-state index contributed by atoms with van der Waals surface area (Å²) in [5, 5.41) is 0. The van der Waals surface area contributed by atoms with E-state index in [0.29, 0.717) is 6.61 Å². The number of nitrogens with two attached hydrogens (primary N) is 1. The van der Waals surface area contributed by atoms with Gasteiger partial charge in [0.2, 0.25) is 0 Å². The highest BCUT2D eigenvalue weighted by molar-refractivity contribution is 5.64. The van der Waals surface area contributed by atoms with Crippen LogP contribution in [0.4, 0.5) is 4.79 Å². The molecular formula is C9H11NO3. The molecule has 1 heterocycles. The molecule has 0 saturated carbocycles. The van der Waals surface area contributed by atoms with E-state index in [4.69, 9.17) is 4.74 Å². The normalized spacial score (nSPS) is 9.92. The summed E-state index contributed by atoms with van der Waals surface area (Å²) >= 11 is 0. The van der Waals surface area contributed by atoms with Crippen molar-refractivity contribution >= 4 is 6.09 Å². The van der Waals surface area contributed by atoms with Gasteiger partial charge in [-0.25, -0.2) is 4.79 Å². The molecule has 0 spiro atoms. The van der Waals surface area contributed by atoms with Crippen molar-refractivity contribution in [2.24, 2.45) is 5.73 Å². The molecule has 0 atom stereocenters. The fourth-order valence-corrected chi connectivity index (χ4v) is 0.753. The van der Waals surface area contributed by atoms with Crippen molar-refractivity contribution < 1.29 is 14.3 Å². The molecule has 1 aliphatic heterocycles. The Balaban J connectivity index is 0.000000133. The average molecular weight is 181 g/mol. The molecule has 4 nitrogen and oxygen atoms in total. The lowest BCUT2D eigenvalue weighted by Crippen LogP contribution is -2.11. The van der Waals surface area contributed by atoms with Gasteiger partial charge >= 0.3 is 6.09 Å². The zero-order chi connectivity index (χ0) is 9.68. The molecule has 0 bridgehead atoms. The number of para-hydroxylation sites is 2. The molecule has 0 aliphatic carbocycles. The molecule has 0 fully saturated rings. The van der Waals surface area contributed by atoms with Crippen LogP contribution in [0.15, 0.2) is 24.3 Å². The van der Waals surface area contributed by atoms with Crippen LogP contribution in [0.5, 0.6) is 11.5 Å². The van der Waals surface area contributed by atoms with Gasteiger partial charge in [0.1, 0.15) is 0 Å². The van der Waals surface area contributed by atoms with E-state index in [0.717, 1.165) is 11.5 Å². The van der Waals surface area contributed by atoms with E-state index in [-0.39, 0.29) is 0 Å². The second-order valence-corrected chi connectivity index (χ2v) is 2.30. The first-order valence-corrected chi connectivity index (χ1v) is 3.93. The predicted molar refractivity (Wildman–Crippen MR) is 47.7 cm³/mol. The highest BCUT2D eigenvalue weighted by Gasteiger charge is 2.15. The van der Waals surface area contributed by atoms with Gasteiger partial charge in [0.15, 0.2) is 11.5 Å². The SMILES string of the molecule is CCOC(N)=O.c1ccc2c(c1)O2. The zero-order valence-corrected chi connectivity index (χ0v) is 7.32. The van der Waals surface area contributed by atoms with Crippen molar-refractivity contribution in [1.82, 2.24) is 0 Å². The van der Waals surface area contributed by atoms with E-state index in [9.17, 15) is 4.79 Å². The Hall–Kier alpha value is -1.71. The molecular weight excluding hydrogens is 170 g/mol. The number of amides is 1. The van der Waals surface area contributed by atoms with Crippen molar-refractivity contribution in [2.75, 3.05) is 6.61 Å². The summed E-state index contributed by atoms with van der Waals surface area (Å²) in [4.78, 5) is 9.60. The van der Waals surface area contributed by atoms with Crippen LogP contribution in [-0.4, -0.2) is 12.7 Å². The smallest absolute Gasteiger partial charge is 0.404 e. The standard InChI is InChI=1S/C6H4O.C3H7NO2/c1-2-4-6-5(3-1)7-6;1-2-6-3(4)5/h1-4H;2H2,1H3,(H2,4,5). The molecule has 0 aromatic heterocycles. The number of fused-ring (bicyclic) bond motifs is 1. The third kappa shape index (κ3) is 3.46. The van der Waals surface area contributed by atoms with Gasteiger partial charge < -0.3 is 15.2 Å². The van der Waals surface area contributed by atoms with Crippen LogP contribution >= 0.6 is 0 Å². The minimum absolute atomic E-state index is 0.356. The first-order valence-electron chi connectivity index (χ1n) is 3.93. The van der Waals surface area contributed by atoms with Gasteiger partial charge in [0, 0.05) is 0 Å². The number of carbonyl (C=O) groups is 1. The van der Waals surface area contributed by atoms with E-state index >= 15 is 0 Å². The summed E-state index contributed by atoms with van der Waals surface area (Å²) in [6, 6.07) is 7.84. The quantitative estimate of drug-likeness (QED) is 0.683. The van der Waals surface area contributed by atoms with E-state index in [1.165, 1.54) is 0 Å². The van der Waals surface area contributed by atoms with Crippen LogP contribution in [0.3, 0.4) is 0 Å². The summed E-state index contributed by atoms with van der Waals surface area (Å²) in [5.74, 6) is 2.06. The maximum atomic E-state index is 9.60. The fourth-order valence-electron chi connectivity index (χ4n) is 0.753. The minimum atomic E-state index is -0.711. The Bertz CT molecular complexity index is 278. The third-order valence-corrected chi connectivity index (χ3v) is 1.31. The lowest BCUT2D eigenvalue weighted by molar-refractivity contribution is 0.163. The third-order valence-electron chi connectivity index (χ3n) is 1.31. The number of hydrogen-bond acceptors (Lipinski definition) is 3. The lowest BCUT2D eigenvalue weighted by Gasteiger charge is -1.89. The number of hydrogen-bond donors (Lipinski definition) is 1. The summed E-state index contributed by atoms with van der Waals surface area (Å²) in [6.45, 7) is 2.06. The zero-order valence-electron chi connectivity index (χ0n) is 7.32. The second-order valence-electron chi connectivity index (χ2n) is 2.30. The summed E-state index contributed by atoms with van der Waals surface area (Å²) < 4.78 is 9.12. The Morgan fingerprint density at radius 2 is 2.00 bits per heavy atom. The average Bonchev–Trinajstić information content (AvgIpc) is 2.82. The molecule has 1 amide bonds. The Morgan fingerprint density at radius 3 is 2.23 bits per heavy atom. The summed E-state index contributed by atoms with van der Waals surface area (Å²) in [7, 11) is 0. The predicted octanol–water partition coefficient (Wildman–Crippen LogP) is 1.89. The van der Waals surface area contributed by atoms with Gasteiger partial charge in [-0.2, -0.15) is 0 Å². The first kappa shape index (κ1) is 9.38. The van der Waals surface area contributed by atoms with Gasteiger partial charge in [-0.3, -0.25) is 0 Å². The molecule has 70 valence electrons. The summed E-state index contributed by atoms with van der Waals surface area (Å²) in [6.07, 6.45) is -0.711. The number of benzene rings is 1. The van der Waals surface area contributed by atoms with Crippen LogP contribution in [0.25, 0.3) is 0 Å². The van der Waals surface area contributed by atoms with Crippen LogP contribution in [0.2, 0.25) is 0 Å². The van der Waals surface area contributed by atoms with Crippen LogP contribution in [0.1, 0.15) is 6.92 Å². The molecule has 4 heteroatoms. The number of carbonyl (C=O) groups excluding carboxylic acids is 1. The molecule has 1 aromatic carbocycles. The maximum Gasteiger partial charge on any atom is 0.404 e. The van der Waals surface area contributed by atoms with Crippen molar-refractivity contribution in [3.63, 3.8) is 0 Å². The molecule has 13 heavy (non-hydrogen) atoms. The highest BCUT2D eigenvalue weighted by atomic mass is 16.6. The number of ether oxygens (including phenoxy) is 2. The largest absolute Gasteiger partial charge is 0.450 e. The highest BCUT2D eigenvalue weighted by Crippen LogP contribution is 2.43. The molecule has 1 aliphatic rings. The second kappa shape index (κ2) is 4.35. The van der Waals surface area contributed by atoms with Crippen molar-refractivity contribution in [3.05, 3.63) is 24.3 Å². The van der Waals surface area contributed by atoms with Gasteiger partial charge in [-0.1, -0.05) is 12.1 Å². The fraction of sp³-hybridized carbons (Fsp3) is 0.222. The number of rotatable bonds is 1. The van der Waals surface area contributed by atoms with Crippen molar-refractivity contribution in [2.45, 2.75) is 6.92 Å². The Labute approximate surface area is 76.3 Å². The lowest BCUT2D eigenvalue weighted by atomic mass is 10.4. The minimum Gasteiger partial charge on any atom is -0.450 e. The van der Waals surface area contributed by atoms with Crippen LogP contribution in [0, 0.1) is 0 Å². The van der Waals surface area contributed by atoms with Crippen molar-refractivity contribution in [1.29, 1.82) is 0 Å². The van der Waals surface area contributed by atoms with Gasteiger partial charge in [-0.15, -0.1) is 0 Å². The first-order chi connectivity index (χ1) is 6.24.